The molecule has 0 atom stereocenters. The highest BCUT2D eigenvalue weighted by atomic mass is 32.1. The Labute approximate surface area is 186 Å². The van der Waals surface area contributed by atoms with Gasteiger partial charge in [0, 0.05) is 26.2 Å². The summed E-state index contributed by atoms with van der Waals surface area (Å²) in [6.07, 6.45) is 1.09. The predicted molar refractivity (Wildman–Crippen MR) is 123 cm³/mol. The lowest BCUT2D eigenvalue weighted by atomic mass is 10.1. The van der Waals surface area contributed by atoms with Crippen LogP contribution in [0.1, 0.15) is 23.1 Å². The molecule has 0 saturated carbocycles. The second-order valence-corrected chi connectivity index (χ2v) is 9.06. The number of hydrogen-bond donors (Lipinski definition) is 0. The van der Waals surface area contributed by atoms with Crippen molar-refractivity contribution in [2.75, 3.05) is 44.3 Å². The molecule has 1 aliphatic heterocycles. The number of benzene rings is 2. The Bertz CT molecular complexity index is 1040. The summed E-state index contributed by atoms with van der Waals surface area (Å²) < 4.78 is 19.8. The Kier molecular flexibility index (Phi) is 6.95. The zero-order valence-electron chi connectivity index (χ0n) is 18.1. The third-order valence-electron chi connectivity index (χ3n) is 5.57. The van der Waals surface area contributed by atoms with Crippen molar-refractivity contribution in [1.82, 2.24) is 9.88 Å². The summed E-state index contributed by atoms with van der Waals surface area (Å²) in [5, 5.41) is 0.734. The standard InChI is InChI=1S/C24H28FN3O2S/c1-17-14-18(2)23-21(15-17)26-24(31-23)28(9-3-8-27-10-12-30-13-11-27)22(29)16-19-4-6-20(25)7-5-19/h4-7,14-15H,3,8-13,16H2,1-2H3. The van der Waals surface area contributed by atoms with Gasteiger partial charge >= 0.3 is 0 Å². The molecule has 0 bridgehead atoms. The van der Waals surface area contributed by atoms with Crippen LogP contribution in [-0.2, 0) is 16.0 Å². The minimum Gasteiger partial charge on any atom is -0.379 e. The van der Waals surface area contributed by atoms with E-state index in [0.29, 0.717) is 6.54 Å². The van der Waals surface area contributed by atoms with Crippen LogP contribution in [0.15, 0.2) is 36.4 Å². The minimum absolute atomic E-state index is 0.0120. The van der Waals surface area contributed by atoms with Gasteiger partial charge in [0.15, 0.2) is 5.13 Å². The number of carbonyl (C=O) groups excluding carboxylic acids is 1. The highest BCUT2D eigenvalue weighted by Gasteiger charge is 2.21. The van der Waals surface area contributed by atoms with Crippen LogP contribution in [0.4, 0.5) is 9.52 Å². The van der Waals surface area contributed by atoms with E-state index >= 15 is 0 Å². The highest BCUT2D eigenvalue weighted by Crippen LogP contribution is 2.32. The van der Waals surface area contributed by atoms with E-state index < -0.39 is 0 Å². The van der Waals surface area contributed by atoms with Crippen LogP contribution in [0.2, 0.25) is 0 Å². The molecule has 1 amide bonds. The van der Waals surface area contributed by atoms with Crippen molar-refractivity contribution in [1.29, 1.82) is 0 Å². The Balaban J connectivity index is 1.54. The second kappa shape index (κ2) is 9.85. The molecule has 164 valence electrons. The Morgan fingerprint density at radius 3 is 2.68 bits per heavy atom. The average Bonchev–Trinajstić information content (AvgIpc) is 3.17. The molecule has 2 heterocycles. The normalized spacial score (nSPS) is 14.8. The van der Waals surface area contributed by atoms with E-state index in [1.165, 1.54) is 23.3 Å². The molecule has 31 heavy (non-hydrogen) atoms. The summed E-state index contributed by atoms with van der Waals surface area (Å²) in [6, 6.07) is 10.4. The molecule has 1 saturated heterocycles. The number of morpholine rings is 1. The smallest absolute Gasteiger partial charge is 0.233 e. The number of fused-ring (bicyclic) bond motifs is 1. The lowest BCUT2D eigenvalue weighted by Crippen LogP contribution is -2.39. The third-order valence-corrected chi connectivity index (χ3v) is 6.80. The molecule has 0 aliphatic carbocycles. The first-order chi connectivity index (χ1) is 15.0. The van der Waals surface area contributed by atoms with Crippen LogP contribution >= 0.6 is 11.3 Å². The van der Waals surface area contributed by atoms with Gasteiger partial charge in [-0.05, 0) is 55.2 Å². The van der Waals surface area contributed by atoms with Crippen molar-refractivity contribution in [2.45, 2.75) is 26.7 Å². The monoisotopic (exact) mass is 441 g/mol. The van der Waals surface area contributed by atoms with Gasteiger partial charge in [0.05, 0.1) is 29.9 Å². The number of amides is 1. The van der Waals surface area contributed by atoms with Crippen molar-refractivity contribution in [3.8, 4) is 0 Å². The SMILES string of the molecule is Cc1cc(C)c2sc(N(CCCN3CCOCC3)C(=O)Cc3ccc(F)cc3)nc2c1. The van der Waals surface area contributed by atoms with Crippen LogP contribution in [0, 0.1) is 19.7 Å². The Morgan fingerprint density at radius 2 is 1.94 bits per heavy atom. The number of ether oxygens (including phenoxy) is 1. The number of nitrogens with zero attached hydrogens (tertiary/aromatic N) is 3. The van der Waals surface area contributed by atoms with Gasteiger partial charge in [0.2, 0.25) is 5.91 Å². The number of aryl methyl sites for hydroxylation is 2. The number of carbonyl (C=O) groups is 1. The summed E-state index contributed by atoms with van der Waals surface area (Å²) in [5.74, 6) is -0.308. The zero-order chi connectivity index (χ0) is 21.8. The molecule has 3 aromatic rings. The van der Waals surface area contributed by atoms with Crippen molar-refractivity contribution in [3.63, 3.8) is 0 Å². The maximum absolute atomic E-state index is 13.3. The van der Waals surface area contributed by atoms with Gasteiger partial charge in [-0.15, -0.1) is 0 Å². The van der Waals surface area contributed by atoms with Crippen molar-refractivity contribution in [2.24, 2.45) is 0 Å². The van der Waals surface area contributed by atoms with Crippen LogP contribution in [0.25, 0.3) is 10.2 Å². The van der Waals surface area contributed by atoms with Gasteiger partial charge in [0.25, 0.3) is 0 Å². The Hall–Kier alpha value is -2.35. The second-order valence-electron chi connectivity index (χ2n) is 8.08. The highest BCUT2D eigenvalue weighted by molar-refractivity contribution is 7.22. The van der Waals surface area contributed by atoms with Crippen LogP contribution in [0.5, 0.6) is 0 Å². The fourth-order valence-corrected chi connectivity index (χ4v) is 5.02. The first-order valence-corrected chi connectivity index (χ1v) is 11.5. The summed E-state index contributed by atoms with van der Waals surface area (Å²) in [5.41, 5.74) is 4.08. The third kappa shape index (κ3) is 5.47. The molecule has 0 radical (unpaired) electrons. The molecule has 1 aromatic heterocycles. The van der Waals surface area contributed by atoms with E-state index in [2.05, 4.69) is 30.9 Å². The van der Waals surface area contributed by atoms with Crippen molar-refractivity contribution < 1.29 is 13.9 Å². The van der Waals surface area contributed by atoms with Crippen LogP contribution in [-0.4, -0.2) is 55.2 Å². The lowest BCUT2D eigenvalue weighted by Gasteiger charge is -2.27. The van der Waals surface area contributed by atoms with E-state index in [9.17, 15) is 9.18 Å². The first kappa shape index (κ1) is 21.9. The van der Waals surface area contributed by atoms with Gasteiger partial charge < -0.3 is 4.74 Å². The molecule has 1 aliphatic rings. The molecule has 0 unspecified atom stereocenters. The number of thiazole rings is 1. The number of aromatic nitrogens is 1. The van der Waals surface area contributed by atoms with Crippen LogP contribution < -0.4 is 4.90 Å². The summed E-state index contributed by atoms with van der Waals surface area (Å²) in [6.45, 7) is 9.08. The molecule has 1 fully saturated rings. The molecule has 7 heteroatoms. The van der Waals surface area contributed by atoms with Crippen LogP contribution in [0.3, 0.4) is 0 Å². The minimum atomic E-state index is -0.296. The maximum Gasteiger partial charge on any atom is 0.233 e. The van der Waals surface area contributed by atoms with Gasteiger partial charge in [-0.1, -0.05) is 29.5 Å². The molecule has 2 aromatic carbocycles. The van der Waals surface area contributed by atoms with E-state index in [1.807, 2.05) is 4.90 Å². The van der Waals surface area contributed by atoms with Gasteiger partial charge in [-0.2, -0.15) is 0 Å². The zero-order valence-corrected chi connectivity index (χ0v) is 18.9. The maximum atomic E-state index is 13.3. The molecular weight excluding hydrogens is 413 g/mol. The largest absolute Gasteiger partial charge is 0.379 e. The predicted octanol–water partition coefficient (Wildman–Crippen LogP) is 4.35. The Morgan fingerprint density at radius 1 is 1.19 bits per heavy atom. The fraction of sp³-hybridized carbons (Fsp3) is 0.417. The molecule has 0 N–H and O–H groups in total. The lowest BCUT2D eigenvalue weighted by molar-refractivity contribution is -0.118. The van der Waals surface area contributed by atoms with Gasteiger partial charge in [-0.3, -0.25) is 14.6 Å². The van der Waals surface area contributed by atoms with Gasteiger partial charge in [-0.25, -0.2) is 9.37 Å². The van der Waals surface area contributed by atoms with Gasteiger partial charge in [0.1, 0.15) is 5.82 Å². The van der Waals surface area contributed by atoms with E-state index in [0.717, 1.165) is 60.2 Å². The van der Waals surface area contributed by atoms with Crippen molar-refractivity contribution in [3.05, 3.63) is 58.9 Å². The number of rotatable bonds is 7. The average molecular weight is 442 g/mol. The summed E-state index contributed by atoms with van der Waals surface area (Å²) in [4.78, 5) is 22.3. The van der Waals surface area contributed by atoms with E-state index in [-0.39, 0.29) is 18.1 Å². The molecule has 0 spiro atoms. The molecule has 5 nitrogen and oxygen atoms in total. The number of halogens is 1. The summed E-state index contributed by atoms with van der Waals surface area (Å²) in [7, 11) is 0. The number of anilines is 1. The molecular formula is C24H28FN3O2S. The first-order valence-electron chi connectivity index (χ1n) is 10.7. The topological polar surface area (TPSA) is 45.7 Å². The molecule has 4 rings (SSSR count). The van der Waals surface area contributed by atoms with Crippen molar-refractivity contribution >= 4 is 32.6 Å². The summed E-state index contributed by atoms with van der Waals surface area (Å²) >= 11 is 1.57. The van der Waals surface area contributed by atoms with E-state index in [1.54, 1.807) is 23.5 Å². The van der Waals surface area contributed by atoms with E-state index in [4.69, 9.17) is 9.72 Å². The number of hydrogen-bond acceptors (Lipinski definition) is 5. The quantitative estimate of drug-likeness (QED) is 0.547. The fourth-order valence-electron chi connectivity index (χ4n) is 3.96.